The Morgan fingerprint density at radius 3 is 2.56 bits per heavy atom. The summed E-state index contributed by atoms with van der Waals surface area (Å²) in [5.74, 6) is -0.604. The molecule has 0 aliphatic carbocycles. The van der Waals surface area contributed by atoms with Crippen LogP contribution < -0.4 is 10.2 Å². The SMILES string of the molecule is O=C(c1cc(N2CCCC2=O)cc(C(F)(F)F)c1)N1CCC2CCC(C1)N2. The first kappa shape index (κ1) is 18.3. The highest BCUT2D eigenvalue weighted by Gasteiger charge is 2.35. The molecule has 1 aromatic rings. The number of nitrogens with one attached hydrogen (secondary N) is 1. The summed E-state index contributed by atoms with van der Waals surface area (Å²) >= 11 is 0. The Morgan fingerprint density at radius 1 is 1.07 bits per heavy atom. The maximum absolute atomic E-state index is 13.4. The third kappa shape index (κ3) is 3.67. The van der Waals surface area contributed by atoms with E-state index in [-0.39, 0.29) is 23.2 Å². The number of amides is 2. The molecule has 4 rings (SSSR count). The van der Waals surface area contributed by atoms with Gasteiger partial charge in [0.15, 0.2) is 0 Å². The molecule has 3 aliphatic heterocycles. The Morgan fingerprint density at radius 2 is 1.85 bits per heavy atom. The van der Waals surface area contributed by atoms with Crippen LogP contribution in [0.1, 0.15) is 48.0 Å². The van der Waals surface area contributed by atoms with Crippen LogP contribution in [0.25, 0.3) is 0 Å². The lowest BCUT2D eigenvalue weighted by Gasteiger charge is -2.26. The fourth-order valence-electron chi connectivity index (χ4n) is 4.29. The molecular weight excluding hydrogens is 359 g/mol. The number of halogens is 3. The molecule has 3 aliphatic rings. The monoisotopic (exact) mass is 381 g/mol. The highest BCUT2D eigenvalue weighted by atomic mass is 19.4. The lowest BCUT2D eigenvalue weighted by molar-refractivity contribution is -0.137. The summed E-state index contributed by atoms with van der Waals surface area (Å²) in [5, 5.41) is 3.46. The van der Waals surface area contributed by atoms with E-state index in [2.05, 4.69) is 5.32 Å². The minimum Gasteiger partial charge on any atom is -0.337 e. The summed E-state index contributed by atoms with van der Waals surface area (Å²) < 4.78 is 40.2. The van der Waals surface area contributed by atoms with Crippen LogP contribution in [0.15, 0.2) is 18.2 Å². The number of hydrogen-bond acceptors (Lipinski definition) is 3. The molecule has 146 valence electrons. The second-order valence-corrected chi connectivity index (χ2v) is 7.59. The quantitative estimate of drug-likeness (QED) is 0.857. The maximum Gasteiger partial charge on any atom is 0.416 e. The number of rotatable bonds is 2. The molecule has 0 saturated carbocycles. The average molecular weight is 381 g/mol. The van der Waals surface area contributed by atoms with Gasteiger partial charge in [-0.3, -0.25) is 9.59 Å². The van der Waals surface area contributed by atoms with E-state index in [0.717, 1.165) is 31.4 Å². The van der Waals surface area contributed by atoms with Crippen LogP contribution in [-0.2, 0) is 11.0 Å². The molecule has 2 bridgehead atoms. The topological polar surface area (TPSA) is 52.7 Å². The first-order valence-electron chi connectivity index (χ1n) is 9.39. The molecular formula is C19H22F3N3O2. The standard InChI is InChI=1S/C19H22F3N3O2/c20-19(21,22)13-8-12(9-16(10-13)25-6-1-2-17(25)26)18(27)24-7-5-14-3-4-15(11-24)23-14/h8-10,14-15,23H,1-7,11H2. The molecule has 27 heavy (non-hydrogen) atoms. The van der Waals surface area contributed by atoms with Crippen LogP contribution in [0.3, 0.4) is 0 Å². The van der Waals surface area contributed by atoms with Gasteiger partial charge in [0, 0.05) is 49.4 Å². The molecule has 3 heterocycles. The van der Waals surface area contributed by atoms with E-state index >= 15 is 0 Å². The zero-order valence-corrected chi connectivity index (χ0v) is 14.9. The largest absolute Gasteiger partial charge is 0.416 e. The molecule has 0 radical (unpaired) electrons. The van der Waals surface area contributed by atoms with E-state index in [1.54, 1.807) is 4.90 Å². The van der Waals surface area contributed by atoms with Crippen molar-refractivity contribution in [2.75, 3.05) is 24.5 Å². The Balaban J connectivity index is 1.66. The van der Waals surface area contributed by atoms with Gasteiger partial charge >= 0.3 is 6.18 Å². The summed E-state index contributed by atoms with van der Waals surface area (Å²) in [6.45, 7) is 1.41. The van der Waals surface area contributed by atoms with Gasteiger partial charge in [0.05, 0.1) is 5.56 Å². The number of fused-ring (bicyclic) bond motifs is 2. The predicted octanol–water partition coefficient (Wildman–Crippen LogP) is 2.80. The molecule has 3 saturated heterocycles. The average Bonchev–Trinajstić information content (AvgIpc) is 3.18. The summed E-state index contributed by atoms with van der Waals surface area (Å²) in [7, 11) is 0. The van der Waals surface area contributed by atoms with Gasteiger partial charge in [0.1, 0.15) is 0 Å². The highest BCUT2D eigenvalue weighted by Crippen LogP contribution is 2.34. The first-order valence-corrected chi connectivity index (χ1v) is 9.39. The van der Waals surface area contributed by atoms with E-state index in [4.69, 9.17) is 0 Å². The van der Waals surface area contributed by atoms with Crippen molar-refractivity contribution < 1.29 is 22.8 Å². The molecule has 3 fully saturated rings. The van der Waals surface area contributed by atoms with Gasteiger partial charge < -0.3 is 15.1 Å². The van der Waals surface area contributed by atoms with Gasteiger partial charge in [0.2, 0.25) is 5.91 Å². The van der Waals surface area contributed by atoms with E-state index in [9.17, 15) is 22.8 Å². The van der Waals surface area contributed by atoms with Gasteiger partial charge in [-0.05, 0) is 43.9 Å². The lowest BCUT2D eigenvalue weighted by atomic mass is 10.0. The number of carbonyl (C=O) groups is 2. The molecule has 5 nitrogen and oxygen atoms in total. The maximum atomic E-state index is 13.4. The normalized spacial score (nSPS) is 25.8. The third-order valence-electron chi connectivity index (χ3n) is 5.69. The Labute approximate surface area is 155 Å². The van der Waals surface area contributed by atoms with Crippen LogP contribution in [0.4, 0.5) is 18.9 Å². The molecule has 0 aromatic heterocycles. The molecule has 2 atom stereocenters. The molecule has 2 unspecified atom stereocenters. The second kappa shape index (κ2) is 6.82. The zero-order chi connectivity index (χ0) is 19.2. The van der Waals surface area contributed by atoms with Crippen molar-refractivity contribution in [3.63, 3.8) is 0 Å². The molecule has 2 amide bonds. The second-order valence-electron chi connectivity index (χ2n) is 7.59. The summed E-state index contributed by atoms with van der Waals surface area (Å²) in [4.78, 5) is 28.0. The van der Waals surface area contributed by atoms with Crippen LogP contribution in [0.5, 0.6) is 0 Å². The predicted molar refractivity (Wildman–Crippen MR) is 93.5 cm³/mol. The minimum atomic E-state index is -4.58. The van der Waals surface area contributed by atoms with Gasteiger partial charge in [-0.15, -0.1) is 0 Å². The molecule has 8 heteroatoms. The van der Waals surface area contributed by atoms with E-state index < -0.39 is 17.6 Å². The number of hydrogen-bond donors (Lipinski definition) is 1. The number of benzene rings is 1. The third-order valence-corrected chi connectivity index (χ3v) is 5.69. The van der Waals surface area contributed by atoms with E-state index in [1.165, 1.54) is 11.0 Å². The van der Waals surface area contributed by atoms with Crippen molar-refractivity contribution in [3.8, 4) is 0 Å². The van der Waals surface area contributed by atoms with E-state index in [1.807, 2.05) is 0 Å². The number of nitrogens with zero attached hydrogens (tertiary/aromatic N) is 2. The van der Waals surface area contributed by atoms with Gasteiger partial charge in [-0.1, -0.05) is 0 Å². The Hall–Kier alpha value is -2.09. The minimum absolute atomic E-state index is 0.00250. The van der Waals surface area contributed by atoms with Crippen molar-refractivity contribution in [3.05, 3.63) is 29.3 Å². The van der Waals surface area contributed by atoms with Gasteiger partial charge in [-0.25, -0.2) is 0 Å². The first-order chi connectivity index (χ1) is 12.8. The van der Waals surface area contributed by atoms with Crippen LogP contribution in [0, 0.1) is 0 Å². The number of anilines is 1. The Kier molecular flexibility index (Phi) is 4.61. The van der Waals surface area contributed by atoms with Crippen molar-refractivity contribution in [1.29, 1.82) is 0 Å². The van der Waals surface area contributed by atoms with E-state index in [0.29, 0.717) is 38.5 Å². The summed E-state index contributed by atoms with van der Waals surface area (Å²) in [6, 6.07) is 3.88. The van der Waals surface area contributed by atoms with Crippen molar-refractivity contribution in [1.82, 2.24) is 10.2 Å². The molecule has 1 N–H and O–H groups in total. The summed E-state index contributed by atoms with van der Waals surface area (Å²) in [6.07, 6.45) is -0.784. The molecule has 1 aromatic carbocycles. The lowest BCUT2D eigenvalue weighted by Crippen LogP contribution is -2.39. The molecule has 0 spiro atoms. The van der Waals surface area contributed by atoms with Crippen LogP contribution >= 0.6 is 0 Å². The van der Waals surface area contributed by atoms with Gasteiger partial charge in [0.25, 0.3) is 5.91 Å². The van der Waals surface area contributed by atoms with Gasteiger partial charge in [-0.2, -0.15) is 13.2 Å². The van der Waals surface area contributed by atoms with Crippen molar-refractivity contribution in [2.45, 2.75) is 50.4 Å². The van der Waals surface area contributed by atoms with Crippen LogP contribution in [0.2, 0.25) is 0 Å². The fourth-order valence-corrected chi connectivity index (χ4v) is 4.29. The Bertz CT molecular complexity index is 765. The summed E-state index contributed by atoms with van der Waals surface area (Å²) in [5.41, 5.74) is -0.736. The number of alkyl halides is 3. The smallest absolute Gasteiger partial charge is 0.337 e. The number of carbonyl (C=O) groups excluding carboxylic acids is 2. The van der Waals surface area contributed by atoms with Crippen molar-refractivity contribution >= 4 is 17.5 Å². The fraction of sp³-hybridized carbons (Fsp3) is 0.579. The van der Waals surface area contributed by atoms with Crippen LogP contribution in [-0.4, -0.2) is 48.4 Å². The zero-order valence-electron chi connectivity index (χ0n) is 14.9. The number of likely N-dealkylation sites (tertiary alicyclic amines) is 1. The highest BCUT2D eigenvalue weighted by molar-refractivity contribution is 5.99. The van der Waals surface area contributed by atoms with Crippen molar-refractivity contribution in [2.24, 2.45) is 0 Å².